The summed E-state index contributed by atoms with van der Waals surface area (Å²) in [5, 5.41) is 4.86. The van der Waals surface area contributed by atoms with Crippen molar-refractivity contribution in [1.82, 2.24) is 0 Å². The van der Waals surface area contributed by atoms with E-state index in [0.29, 0.717) is 36.0 Å². The molecule has 2 heterocycles. The Morgan fingerprint density at radius 3 is 2.45 bits per heavy atom. The molecule has 0 unspecified atom stereocenters. The van der Waals surface area contributed by atoms with Gasteiger partial charge >= 0.3 is 0 Å². The first kappa shape index (κ1) is 34.2. The Morgan fingerprint density at radius 2 is 1.82 bits per heavy atom. The number of anilines is 2. The van der Waals surface area contributed by atoms with E-state index in [1.54, 1.807) is 12.1 Å². The predicted molar refractivity (Wildman–Crippen MR) is 176 cm³/mol. The summed E-state index contributed by atoms with van der Waals surface area (Å²) in [6.45, 7) is 4.05. The number of nitrogens with one attached hydrogen (secondary N) is 1. The summed E-state index contributed by atoms with van der Waals surface area (Å²) in [5.74, 6) is -0.482. The van der Waals surface area contributed by atoms with Gasteiger partial charge in [0, 0.05) is 48.7 Å². The number of ether oxygens (including phenoxy) is 1. The molecule has 0 aliphatic carbocycles. The molecule has 0 saturated carbocycles. The van der Waals surface area contributed by atoms with E-state index in [0.717, 1.165) is 36.4 Å². The van der Waals surface area contributed by atoms with E-state index in [4.69, 9.17) is 16.3 Å². The number of aryl methyl sites for hydroxylation is 1. The van der Waals surface area contributed by atoms with Crippen LogP contribution in [0.4, 0.5) is 11.4 Å². The van der Waals surface area contributed by atoms with Crippen molar-refractivity contribution in [2.45, 2.75) is 44.6 Å². The Morgan fingerprint density at radius 1 is 1.11 bits per heavy atom. The largest absolute Gasteiger partial charge is 0.495 e. The number of aromatic nitrogens is 1. The molecule has 3 aromatic rings. The van der Waals surface area contributed by atoms with E-state index in [1.807, 2.05) is 46.7 Å². The summed E-state index contributed by atoms with van der Waals surface area (Å²) in [7, 11) is -6.74. The number of hydrogen-bond acceptors (Lipinski definition) is 9. The molecule has 0 saturated heterocycles. The van der Waals surface area contributed by atoms with Crippen molar-refractivity contribution < 1.29 is 40.0 Å². The van der Waals surface area contributed by atoms with Crippen molar-refractivity contribution in [3.05, 3.63) is 57.0 Å². The molecular weight excluding hydrogens is 670 g/mol. The van der Waals surface area contributed by atoms with Gasteiger partial charge < -0.3 is 15.0 Å². The second kappa shape index (κ2) is 14.2. The molecule has 16 heteroatoms. The zero-order chi connectivity index (χ0) is 32.2. The summed E-state index contributed by atoms with van der Waals surface area (Å²) in [4.78, 5) is 14.6. The SMILES string of the molecule is CCC(=Cc1sc2cc(OC)c(Cl)cc2[n+]1CCCS(=O)(=O)O)C=C1Sc2ccc(NC(C)=O)cc2N1CCCS(=O)(=O)O. The average molecular weight is 703 g/mol. The number of benzene rings is 2. The van der Waals surface area contributed by atoms with Crippen LogP contribution in [-0.2, 0) is 31.6 Å². The summed E-state index contributed by atoms with van der Waals surface area (Å²) in [5.41, 5.74) is 3.15. The zero-order valence-electron chi connectivity index (χ0n) is 24.2. The maximum absolute atomic E-state index is 11.7. The Hall–Kier alpha value is -2.66. The normalized spacial score (nSPS) is 14.8. The molecule has 1 aromatic heterocycles. The number of thioether (sulfide) groups is 1. The van der Waals surface area contributed by atoms with E-state index < -0.39 is 26.0 Å². The van der Waals surface area contributed by atoms with Crippen molar-refractivity contribution in [3.63, 3.8) is 0 Å². The third kappa shape index (κ3) is 8.96. The highest BCUT2D eigenvalue weighted by Crippen LogP contribution is 2.47. The highest BCUT2D eigenvalue weighted by molar-refractivity contribution is 8.03. The highest BCUT2D eigenvalue weighted by Gasteiger charge is 2.27. The number of amides is 1. The Labute approximate surface area is 270 Å². The molecule has 1 amide bonds. The number of carbonyl (C=O) groups is 1. The number of halogens is 1. The summed E-state index contributed by atoms with van der Waals surface area (Å²) in [6.07, 6.45) is 5.02. The summed E-state index contributed by atoms with van der Waals surface area (Å²) < 4.78 is 72.5. The molecule has 0 fully saturated rings. The number of rotatable bonds is 13. The Balaban J connectivity index is 1.76. The van der Waals surface area contributed by atoms with Crippen molar-refractivity contribution >= 4 is 88.5 Å². The molecule has 44 heavy (non-hydrogen) atoms. The van der Waals surface area contributed by atoms with Gasteiger partial charge in [-0.15, -0.1) is 0 Å². The third-order valence-electron chi connectivity index (χ3n) is 6.65. The number of hydrogen-bond donors (Lipinski definition) is 3. The zero-order valence-corrected chi connectivity index (χ0v) is 28.3. The summed E-state index contributed by atoms with van der Waals surface area (Å²) in [6, 6.07) is 9.13. The first-order valence-corrected chi connectivity index (χ1v) is 18.8. The van der Waals surface area contributed by atoms with Crippen LogP contribution in [0, 0.1) is 0 Å². The van der Waals surface area contributed by atoms with Gasteiger partial charge in [-0.2, -0.15) is 21.4 Å². The van der Waals surface area contributed by atoms with Gasteiger partial charge in [0.05, 0.1) is 34.4 Å². The Bertz CT molecular complexity index is 1850. The second-order valence-electron chi connectivity index (χ2n) is 10.00. The summed E-state index contributed by atoms with van der Waals surface area (Å²) >= 11 is 9.42. The van der Waals surface area contributed by atoms with Crippen LogP contribution < -0.4 is 19.5 Å². The van der Waals surface area contributed by atoms with Crippen molar-refractivity contribution in [3.8, 4) is 5.75 Å². The fourth-order valence-corrected chi connectivity index (χ4v) is 8.23. The van der Waals surface area contributed by atoms with Gasteiger partial charge in [-0.05, 0) is 42.7 Å². The lowest BCUT2D eigenvalue weighted by Gasteiger charge is -2.21. The lowest BCUT2D eigenvalue weighted by molar-refractivity contribution is -0.668. The van der Waals surface area contributed by atoms with Crippen LogP contribution in [0.5, 0.6) is 5.75 Å². The van der Waals surface area contributed by atoms with E-state index >= 15 is 0 Å². The lowest BCUT2D eigenvalue weighted by Crippen LogP contribution is -2.36. The first-order chi connectivity index (χ1) is 20.7. The molecule has 1 aliphatic heterocycles. The topological polar surface area (TPSA) is 154 Å². The van der Waals surface area contributed by atoms with E-state index in [9.17, 15) is 30.7 Å². The van der Waals surface area contributed by atoms with Gasteiger partial charge in [0.15, 0.2) is 6.54 Å². The Kier molecular flexibility index (Phi) is 11.0. The van der Waals surface area contributed by atoms with Crippen LogP contribution in [0.1, 0.15) is 38.1 Å². The lowest BCUT2D eigenvalue weighted by atomic mass is 10.2. The van der Waals surface area contributed by atoms with Gasteiger partial charge in [-0.25, -0.2) is 0 Å². The third-order valence-corrected chi connectivity index (χ3v) is 10.8. The van der Waals surface area contributed by atoms with E-state index in [1.165, 1.54) is 37.1 Å². The fraction of sp³-hybridized carbons (Fsp3) is 0.357. The van der Waals surface area contributed by atoms with Crippen LogP contribution >= 0.6 is 34.7 Å². The van der Waals surface area contributed by atoms with E-state index in [2.05, 4.69) is 5.32 Å². The number of methoxy groups -OCH3 is 1. The van der Waals surface area contributed by atoms with Crippen LogP contribution in [0.25, 0.3) is 16.3 Å². The molecule has 11 nitrogen and oxygen atoms in total. The quantitative estimate of drug-likeness (QED) is 0.151. The van der Waals surface area contributed by atoms with Crippen LogP contribution in [0.15, 0.2) is 51.9 Å². The molecule has 0 radical (unpaired) electrons. The molecule has 4 rings (SSSR count). The molecule has 1 aliphatic rings. The highest BCUT2D eigenvalue weighted by atomic mass is 35.5. The number of nitrogens with zero attached hydrogens (tertiary/aromatic N) is 2. The van der Waals surface area contributed by atoms with E-state index in [-0.39, 0.29) is 24.5 Å². The monoisotopic (exact) mass is 702 g/mol. The first-order valence-electron chi connectivity index (χ1n) is 13.6. The van der Waals surface area contributed by atoms with Gasteiger partial charge in [-0.1, -0.05) is 41.6 Å². The van der Waals surface area contributed by atoms with Crippen molar-refractivity contribution in [1.29, 1.82) is 0 Å². The minimum absolute atomic E-state index is 0.179. The molecule has 0 spiro atoms. The smallest absolute Gasteiger partial charge is 0.265 e. The molecular formula is C28H33ClN3O8S4+. The maximum atomic E-state index is 11.7. The number of thiazole rings is 1. The molecule has 2 aromatic carbocycles. The second-order valence-corrected chi connectivity index (χ2v) is 15.7. The average Bonchev–Trinajstić information content (AvgIpc) is 3.42. The maximum Gasteiger partial charge on any atom is 0.265 e. The van der Waals surface area contributed by atoms with Gasteiger partial charge in [-0.3, -0.25) is 13.9 Å². The minimum atomic E-state index is -4.14. The van der Waals surface area contributed by atoms with Gasteiger partial charge in [0.2, 0.25) is 11.4 Å². The van der Waals surface area contributed by atoms with Crippen molar-refractivity contribution in [2.75, 3.05) is 35.4 Å². The van der Waals surface area contributed by atoms with Crippen LogP contribution in [0.3, 0.4) is 0 Å². The van der Waals surface area contributed by atoms with Crippen LogP contribution in [-0.4, -0.2) is 57.0 Å². The van der Waals surface area contributed by atoms with Crippen LogP contribution in [0.2, 0.25) is 5.02 Å². The number of fused-ring (bicyclic) bond motifs is 2. The molecule has 3 N–H and O–H groups in total. The van der Waals surface area contributed by atoms with Crippen molar-refractivity contribution in [2.24, 2.45) is 0 Å². The standard InChI is InChI=1S/C28H32ClN3O8S4/c1-4-19(14-28-32(10-6-12-44(37,38)39)23-16-21(29)24(40-3)17-26(23)42-28)13-27-31(9-5-11-43(34,35)36)22-15-20(30-18(2)33)7-8-25(22)41-27/h7-8,13-17H,4-6,9-12H2,1-3H3,(H2-,30,33,34,35,36,37,38,39)/p+1. The number of carbonyl (C=O) groups excluding carboxylic acids is 1. The van der Waals surface area contributed by atoms with Gasteiger partial charge in [0.25, 0.3) is 25.2 Å². The minimum Gasteiger partial charge on any atom is -0.495 e. The predicted octanol–water partition coefficient (Wildman–Crippen LogP) is 5.61. The van der Waals surface area contributed by atoms with Gasteiger partial charge in [0.1, 0.15) is 10.4 Å². The molecule has 0 atom stereocenters. The fourth-order valence-electron chi connectivity index (χ4n) is 4.69. The molecule has 0 bridgehead atoms. The molecule has 238 valence electrons. The number of allylic oxidation sites excluding steroid dienone is 2.